The molecule has 0 radical (unpaired) electrons. The van der Waals surface area contributed by atoms with Crippen LogP contribution in [0.25, 0.3) is 0 Å². The zero-order chi connectivity index (χ0) is 13.1. The van der Waals surface area contributed by atoms with Crippen LogP contribution in [0.15, 0.2) is 12.1 Å². The van der Waals surface area contributed by atoms with Crippen molar-refractivity contribution in [1.29, 1.82) is 0 Å². The maximum absolute atomic E-state index is 13.5. The highest BCUT2D eigenvalue weighted by atomic mass is 19.1. The number of nitrogens with two attached hydrogens (primary N) is 1. The molecule has 0 bridgehead atoms. The Kier molecular flexibility index (Phi) is 4.23. The van der Waals surface area contributed by atoms with E-state index in [0.29, 0.717) is 11.5 Å². The molecule has 18 heavy (non-hydrogen) atoms. The molecule has 1 aliphatic rings. The van der Waals surface area contributed by atoms with E-state index in [1.165, 1.54) is 31.7 Å². The van der Waals surface area contributed by atoms with Gasteiger partial charge in [-0.15, -0.1) is 0 Å². The van der Waals surface area contributed by atoms with Crippen LogP contribution in [0.4, 0.5) is 4.39 Å². The summed E-state index contributed by atoms with van der Waals surface area (Å²) in [6, 6.07) is 3.06. The molecule has 1 fully saturated rings. The molecule has 2 N–H and O–H groups in total. The van der Waals surface area contributed by atoms with Gasteiger partial charge >= 0.3 is 0 Å². The molecule has 1 saturated carbocycles. The Balaban J connectivity index is 2.12. The summed E-state index contributed by atoms with van der Waals surface area (Å²) in [5.41, 5.74) is 7.24. The molecular formula is C15H22FNO. The third-order valence-corrected chi connectivity index (χ3v) is 3.73. The number of ether oxygens (including phenoxy) is 1. The van der Waals surface area contributed by atoms with Crippen LogP contribution in [0.5, 0.6) is 5.75 Å². The molecule has 100 valence electrons. The lowest BCUT2D eigenvalue weighted by Gasteiger charge is -2.17. The Morgan fingerprint density at radius 1 is 1.39 bits per heavy atom. The summed E-state index contributed by atoms with van der Waals surface area (Å²) in [5, 5.41) is 0. The van der Waals surface area contributed by atoms with Gasteiger partial charge in [-0.3, -0.25) is 0 Å². The number of hydrogen-bond donors (Lipinski definition) is 1. The second kappa shape index (κ2) is 5.70. The number of rotatable bonds is 4. The average Bonchev–Trinajstić information content (AvgIpc) is 2.83. The van der Waals surface area contributed by atoms with E-state index in [1.807, 2.05) is 6.92 Å². The van der Waals surface area contributed by atoms with Crippen molar-refractivity contribution in [3.63, 3.8) is 0 Å². The highest BCUT2D eigenvalue weighted by Gasteiger charge is 2.17. The van der Waals surface area contributed by atoms with Gasteiger partial charge in [0.15, 0.2) is 0 Å². The monoisotopic (exact) mass is 251 g/mol. The molecule has 1 aliphatic carbocycles. The topological polar surface area (TPSA) is 35.2 Å². The van der Waals surface area contributed by atoms with Crippen molar-refractivity contribution in [3.8, 4) is 5.75 Å². The summed E-state index contributed by atoms with van der Waals surface area (Å²) in [6.07, 6.45) is 5.09. The van der Waals surface area contributed by atoms with E-state index in [0.717, 1.165) is 17.9 Å². The quantitative estimate of drug-likeness (QED) is 0.885. The Morgan fingerprint density at radius 3 is 2.67 bits per heavy atom. The maximum Gasteiger partial charge on any atom is 0.126 e. The molecule has 2 rings (SSSR count). The predicted octanol–water partition coefficient (Wildman–Crippen LogP) is 3.72. The highest BCUT2D eigenvalue weighted by molar-refractivity contribution is 5.39. The Morgan fingerprint density at radius 2 is 2.06 bits per heavy atom. The second-order valence-electron chi connectivity index (χ2n) is 5.39. The number of hydrogen-bond acceptors (Lipinski definition) is 2. The van der Waals surface area contributed by atoms with Gasteiger partial charge in [-0.1, -0.05) is 12.8 Å². The number of benzene rings is 1. The Hall–Kier alpha value is -1.09. The largest absolute Gasteiger partial charge is 0.493 e. The number of halogens is 1. The molecule has 0 aliphatic heterocycles. The molecule has 2 nitrogen and oxygen atoms in total. The molecular weight excluding hydrogens is 229 g/mol. The molecule has 1 unspecified atom stereocenters. The summed E-state index contributed by atoms with van der Waals surface area (Å²) in [5.74, 6) is 1.18. The van der Waals surface area contributed by atoms with Crippen LogP contribution in [-0.2, 0) is 0 Å². The van der Waals surface area contributed by atoms with Gasteiger partial charge in [-0.05, 0) is 50.3 Å². The molecule has 0 saturated heterocycles. The van der Waals surface area contributed by atoms with Gasteiger partial charge in [-0.25, -0.2) is 4.39 Å². The van der Waals surface area contributed by atoms with Gasteiger partial charge in [0, 0.05) is 11.6 Å². The van der Waals surface area contributed by atoms with E-state index in [9.17, 15) is 4.39 Å². The minimum Gasteiger partial charge on any atom is -0.493 e. The van der Waals surface area contributed by atoms with Crippen molar-refractivity contribution in [2.24, 2.45) is 11.7 Å². The Labute approximate surface area is 108 Å². The van der Waals surface area contributed by atoms with Gasteiger partial charge in [0.2, 0.25) is 0 Å². The van der Waals surface area contributed by atoms with E-state index in [2.05, 4.69) is 0 Å². The predicted molar refractivity (Wildman–Crippen MR) is 71.2 cm³/mol. The first-order valence-corrected chi connectivity index (χ1v) is 6.76. The minimum atomic E-state index is -0.212. The molecule has 0 spiro atoms. The normalized spacial score (nSPS) is 18.0. The fourth-order valence-electron chi connectivity index (χ4n) is 2.54. The van der Waals surface area contributed by atoms with Gasteiger partial charge in [0.05, 0.1) is 6.61 Å². The van der Waals surface area contributed by atoms with Crippen molar-refractivity contribution in [2.45, 2.75) is 45.6 Å². The minimum absolute atomic E-state index is 0.210. The molecule has 0 aromatic heterocycles. The summed E-state index contributed by atoms with van der Waals surface area (Å²) in [7, 11) is 0. The summed E-state index contributed by atoms with van der Waals surface area (Å²) >= 11 is 0. The first-order valence-electron chi connectivity index (χ1n) is 6.76. The second-order valence-corrected chi connectivity index (χ2v) is 5.39. The third kappa shape index (κ3) is 3.02. The van der Waals surface area contributed by atoms with Gasteiger partial charge in [0.1, 0.15) is 11.6 Å². The first-order chi connectivity index (χ1) is 8.58. The SMILES string of the molecule is Cc1cc(OCC2CCCC2)c(C(C)N)cc1F. The van der Waals surface area contributed by atoms with Crippen molar-refractivity contribution in [1.82, 2.24) is 0 Å². The standard InChI is InChI=1S/C15H22FNO/c1-10-7-15(13(11(2)17)8-14(10)16)18-9-12-5-3-4-6-12/h7-8,11-12H,3-6,9,17H2,1-2H3. The van der Waals surface area contributed by atoms with Crippen molar-refractivity contribution >= 4 is 0 Å². The third-order valence-electron chi connectivity index (χ3n) is 3.73. The summed E-state index contributed by atoms with van der Waals surface area (Å²) < 4.78 is 19.4. The van der Waals surface area contributed by atoms with Gasteiger partial charge < -0.3 is 10.5 Å². The van der Waals surface area contributed by atoms with Crippen LogP contribution in [0.2, 0.25) is 0 Å². The fourth-order valence-corrected chi connectivity index (χ4v) is 2.54. The maximum atomic E-state index is 13.5. The van der Waals surface area contributed by atoms with Gasteiger partial charge in [-0.2, -0.15) is 0 Å². The highest BCUT2D eigenvalue weighted by Crippen LogP contribution is 2.30. The average molecular weight is 251 g/mol. The lowest BCUT2D eigenvalue weighted by Crippen LogP contribution is -2.13. The lowest BCUT2D eigenvalue weighted by atomic mass is 10.0. The van der Waals surface area contributed by atoms with E-state index < -0.39 is 0 Å². The van der Waals surface area contributed by atoms with Crippen molar-refractivity contribution < 1.29 is 9.13 Å². The van der Waals surface area contributed by atoms with Crippen LogP contribution in [-0.4, -0.2) is 6.61 Å². The van der Waals surface area contributed by atoms with E-state index in [4.69, 9.17) is 10.5 Å². The number of aryl methyl sites for hydroxylation is 1. The molecule has 0 heterocycles. The lowest BCUT2D eigenvalue weighted by molar-refractivity contribution is 0.248. The van der Waals surface area contributed by atoms with Crippen LogP contribution in [0.3, 0.4) is 0 Å². The summed E-state index contributed by atoms with van der Waals surface area (Å²) in [4.78, 5) is 0. The molecule has 1 aromatic carbocycles. The summed E-state index contributed by atoms with van der Waals surface area (Å²) in [6.45, 7) is 4.33. The van der Waals surface area contributed by atoms with Crippen molar-refractivity contribution in [3.05, 3.63) is 29.1 Å². The molecule has 0 amide bonds. The zero-order valence-electron chi connectivity index (χ0n) is 11.2. The molecule has 1 atom stereocenters. The van der Waals surface area contributed by atoms with E-state index in [1.54, 1.807) is 13.0 Å². The van der Waals surface area contributed by atoms with Crippen molar-refractivity contribution in [2.75, 3.05) is 6.61 Å². The van der Waals surface area contributed by atoms with Gasteiger partial charge in [0.25, 0.3) is 0 Å². The van der Waals surface area contributed by atoms with Crippen LogP contribution in [0.1, 0.15) is 49.8 Å². The zero-order valence-corrected chi connectivity index (χ0v) is 11.2. The fraction of sp³-hybridized carbons (Fsp3) is 0.600. The molecule has 1 aromatic rings. The Bertz CT molecular complexity index is 411. The first kappa shape index (κ1) is 13.3. The van der Waals surface area contributed by atoms with E-state index in [-0.39, 0.29) is 11.9 Å². The van der Waals surface area contributed by atoms with Crippen LogP contribution >= 0.6 is 0 Å². The van der Waals surface area contributed by atoms with Crippen LogP contribution < -0.4 is 10.5 Å². The van der Waals surface area contributed by atoms with E-state index >= 15 is 0 Å². The van der Waals surface area contributed by atoms with Crippen LogP contribution in [0, 0.1) is 18.7 Å². The molecule has 3 heteroatoms. The smallest absolute Gasteiger partial charge is 0.126 e.